The third-order valence-electron chi connectivity index (χ3n) is 3.15. The van der Waals surface area contributed by atoms with Crippen molar-refractivity contribution in [2.24, 2.45) is 0 Å². The fraction of sp³-hybridized carbons (Fsp3) is 0.429. The van der Waals surface area contributed by atoms with Crippen molar-refractivity contribution in [1.29, 1.82) is 0 Å². The van der Waals surface area contributed by atoms with Crippen molar-refractivity contribution in [2.75, 3.05) is 18.0 Å². The molecule has 2 aromatic rings. The first kappa shape index (κ1) is 13.6. The van der Waals surface area contributed by atoms with E-state index in [1.54, 1.807) is 6.07 Å². The van der Waals surface area contributed by atoms with Crippen molar-refractivity contribution < 1.29 is 4.42 Å². The monoisotopic (exact) mass is 285 g/mol. The third kappa shape index (κ3) is 2.19. The normalized spacial score (nSPS) is 11.2. The Morgan fingerprint density at radius 2 is 1.78 bits per heavy atom. The number of nitrogens with zero attached hydrogens (tertiary/aromatic N) is 1. The van der Waals surface area contributed by atoms with Crippen molar-refractivity contribution in [3.63, 3.8) is 0 Å². The quantitative estimate of drug-likeness (QED) is 0.773. The second-order valence-corrected chi connectivity index (χ2v) is 5.01. The maximum Gasteiger partial charge on any atom is 0.155 e. The first-order valence-corrected chi connectivity index (χ1v) is 7.03. The molecular formula is C14H17Cl2NO. The van der Waals surface area contributed by atoms with Crippen LogP contribution in [0.5, 0.6) is 0 Å². The van der Waals surface area contributed by atoms with Crippen LogP contribution in [0.25, 0.3) is 11.0 Å². The van der Waals surface area contributed by atoms with E-state index in [1.807, 2.05) is 6.07 Å². The summed E-state index contributed by atoms with van der Waals surface area (Å²) in [6, 6.07) is 3.65. The summed E-state index contributed by atoms with van der Waals surface area (Å²) in [4.78, 5) is 2.28. The number of aryl methyl sites for hydroxylation is 1. The van der Waals surface area contributed by atoms with Crippen LogP contribution in [0.1, 0.15) is 26.5 Å². The highest BCUT2D eigenvalue weighted by molar-refractivity contribution is 6.38. The molecule has 0 bridgehead atoms. The van der Waals surface area contributed by atoms with Gasteiger partial charge in [0.2, 0.25) is 0 Å². The van der Waals surface area contributed by atoms with Crippen LogP contribution >= 0.6 is 23.2 Å². The number of furan rings is 1. The summed E-state index contributed by atoms with van der Waals surface area (Å²) >= 11 is 12.3. The van der Waals surface area contributed by atoms with Gasteiger partial charge in [-0.1, -0.05) is 30.1 Å². The summed E-state index contributed by atoms with van der Waals surface area (Å²) in [7, 11) is 0. The molecular weight excluding hydrogens is 269 g/mol. The predicted octanol–water partition coefficient (Wildman–Crippen LogP) is 5.15. The summed E-state index contributed by atoms with van der Waals surface area (Å²) in [6.45, 7) is 8.21. The second-order valence-electron chi connectivity index (χ2n) is 4.16. The van der Waals surface area contributed by atoms with Crippen molar-refractivity contribution >= 4 is 39.9 Å². The van der Waals surface area contributed by atoms with Gasteiger partial charge < -0.3 is 9.32 Å². The van der Waals surface area contributed by atoms with Crippen molar-refractivity contribution in [1.82, 2.24) is 0 Å². The van der Waals surface area contributed by atoms with Crippen molar-refractivity contribution in [3.8, 4) is 0 Å². The van der Waals surface area contributed by atoms with Crippen molar-refractivity contribution in [3.05, 3.63) is 27.9 Å². The van der Waals surface area contributed by atoms with Crippen molar-refractivity contribution in [2.45, 2.75) is 27.2 Å². The number of halogens is 2. The maximum absolute atomic E-state index is 6.20. The molecule has 0 saturated carbocycles. The van der Waals surface area contributed by atoms with E-state index in [2.05, 4.69) is 25.7 Å². The van der Waals surface area contributed by atoms with Gasteiger partial charge >= 0.3 is 0 Å². The van der Waals surface area contributed by atoms with Crippen LogP contribution in [0.2, 0.25) is 10.0 Å². The minimum Gasteiger partial charge on any atom is -0.457 e. The maximum atomic E-state index is 6.20. The number of fused-ring (bicyclic) bond motifs is 1. The average Bonchev–Trinajstić information content (AvgIpc) is 2.70. The Kier molecular flexibility index (Phi) is 4.08. The molecule has 0 aliphatic rings. The molecule has 0 aliphatic heterocycles. The molecule has 0 saturated heterocycles. The summed E-state index contributed by atoms with van der Waals surface area (Å²) in [5.41, 5.74) is 1.86. The van der Waals surface area contributed by atoms with Gasteiger partial charge in [-0.05, 0) is 26.0 Å². The number of anilines is 1. The van der Waals surface area contributed by atoms with E-state index in [-0.39, 0.29) is 0 Å². The van der Waals surface area contributed by atoms with E-state index in [1.165, 1.54) is 0 Å². The van der Waals surface area contributed by atoms with Gasteiger partial charge in [0.25, 0.3) is 0 Å². The van der Waals surface area contributed by atoms with Gasteiger partial charge in [-0.2, -0.15) is 0 Å². The molecule has 1 aromatic carbocycles. The van der Waals surface area contributed by atoms with Crippen LogP contribution < -0.4 is 4.90 Å². The zero-order chi connectivity index (χ0) is 13.3. The van der Waals surface area contributed by atoms with Crippen LogP contribution in [-0.2, 0) is 6.42 Å². The summed E-state index contributed by atoms with van der Waals surface area (Å²) < 4.78 is 5.89. The first-order valence-electron chi connectivity index (χ1n) is 6.27. The number of benzene rings is 1. The van der Waals surface area contributed by atoms with E-state index < -0.39 is 0 Å². The predicted molar refractivity (Wildman–Crippen MR) is 79.2 cm³/mol. The molecule has 1 heterocycles. The minimum atomic E-state index is 0.575. The van der Waals surface area contributed by atoms with Crippen LogP contribution in [0.3, 0.4) is 0 Å². The molecule has 4 heteroatoms. The van der Waals surface area contributed by atoms with E-state index in [0.717, 1.165) is 41.9 Å². The molecule has 0 spiro atoms. The molecule has 0 aliphatic carbocycles. The van der Waals surface area contributed by atoms with E-state index in [9.17, 15) is 0 Å². The molecule has 2 rings (SSSR count). The lowest BCUT2D eigenvalue weighted by Crippen LogP contribution is -2.22. The minimum absolute atomic E-state index is 0.575. The van der Waals surface area contributed by atoms with Gasteiger partial charge in [-0.15, -0.1) is 0 Å². The Labute approximate surface area is 117 Å². The fourth-order valence-corrected chi connectivity index (χ4v) is 2.82. The van der Waals surface area contributed by atoms with Crippen LogP contribution in [0.4, 0.5) is 5.69 Å². The average molecular weight is 286 g/mol. The Morgan fingerprint density at radius 3 is 2.33 bits per heavy atom. The SMILES string of the molecule is CCc1oc2c(Cl)cc(Cl)cc2c1N(CC)CC. The molecule has 0 radical (unpaired) electrons. The lowest BCUT2D eigenvalue weighted by atomic mass is 10.2. The molecule has 0 fully saturated rings. The zero-order valence-corrected chi connectivity index (χ0v) is 12.4. The molecule has 1 aromatic heterocycles. The molecule has 18 heavy (non-hydrogen) atoms. The summed E-state index contributed by atoms with van der Waals surface area (Å²) in [5, 5.41) is 2.23. The van der Waals surface area contributed by atoms with Gasteiger partial charge in [0.15, 0.2) is 5.58 Å². The van der Waals surface area contributed by atoms with Gasteiger partial charge in [-0.25, -0.2) is 0 Å². The lowest BCUT2D eigenvalue weighted by Gasteiger charge is -2.21. The Hall–Kier alpha value is -0.860. The topological polar surface area (TPSA) is 16.4 Å². The van der Waals surface area contributed by atoms with E-state index in [4.69, 9.17) is 27.6 Å². The lowest BCUT2D eigenvalue weighted by molar-refractivity contribution is 0.555. The van der Waals surface area contributed by atoms with Gasteiger partial charge in [0.1, 0.15) is 5.76 Å². The summed E-state index contributed by atoms with van der Waals surface area (Å²) in [6.07, 6.45) is 0.842. The number of rotatable bonds is 4. The molecule has 98 valence electrons. The van der Waals surface area contributed by atoms with Crippen LogP contribution in [-0.4, -0.2) is 13.1 Å². The first-order chi connectivity index (χ1) is 8.62. The molecule has 0 amide bonds. The van der Waals surface area contributed by atoms with E-state index >= 15 is 0 Å². The molecule has 0 unspecified atom stereocenters. The molecule has 0 atom stereocenters. The Bertz CT molecular complexity index is 558. The van der Waals surface area contributed by atoms with Crippen LogP contribution in [0.15, 0.2) is 16.5 Å². The highest BCUT2D eigenvalue weighted by atomic mass is 35.5. The van der Waals surface area contributed by atoms with Gasteiger partial charge in [0, 0.05) is 29.9 Å². The zero-order valence-electron chi connectivity index (χ0n) is 10.9. The number of hydrogen-bond acceptors (Lipinski definition) is 2. The fourth-order valence-electron chi connectivity index (χ4n) is 2.29. The highest BCUT2D eigenvalue weighted by Gasteiger charge is 2.19. The van der Waals surface area contributed by atoms with Gasteiger partial charge in [-0.3, -0.25) is 0 Å². The largest absolute Gasteiger partial charge is 0.457 e. The molecule has 0 N–H and O–H groups in total. The van der Waals surface area contributed by atoms with E-state index in [0.29, 0.717) is 10.0 Å². The highest BCUT2D eigenvalue weighted by Crippen LogP contribution is 2.39. The smallest absolute Gasteiger partial charge is 0.155 e. The number of hydrogen-bond donors (Lipinski definition) is 0. The Morgan fingerprint density at radius 1 is 1.11 bits per heavy atom. The molecule has 2 nitrogen and oxygen atoms in total. The standard InChI is InChI=1S/C14H17Cl2NO/c1-4-12-13(17(5-2)6-3)10-7-9(15)8-11(16)14(10)18-12/h7-8H,4-6H2,1-3H3. The third-order valence-corrected chi connectivity index (χ3v) is 3.65. The second kappa shape index (κ2) is 5.41. The van der Waals surface area contributed by atoms with Crippen LogP contribution in [0, 0.1) is 0 Å². The summed E-state index contributed by atoms with van der Waals surface area (Å²) in [5.74, 6) is 0.970. The van der Waals surface area contributed by atoms with Gasteiger partial charge in [0.05, 0.1) is 10.7 Å². The Balaban J connectivity index is 2.75.